The van der Waals surface area contributed by atoms with Gasteiger partial charge in [0.1, 0.15) is 29.6 Å². The van der Waals surface area contributed by atoms with Gasteiger partial charge in [-0.05, 0) is 66.4 Å². The van der Waals surface area contributed by atoms with E-state index in [1.807, 2.05) is 0 Å². The summed E-state index contributed by atoms with van der Waals surface area (Å²) < 4.78 is 24.5. The van der Waals surface area contributed by atoms with Gasteiger partial charge < -0.3 is 20.1 Å². The Morgan fingerprint density at radius 2 is 1.64 bits per heavy atom. The molecule has 1 heterocycles. The van der Waals surface area contributed by atoms with E-state index in [4.69, 9.17) is 9.47 Å². The number of carbonyl (C=O) groups excluding carboxylic acids is 4. The molecule has 0 unspecified atom stereocenters. The van der Waals surface area contributed by atoms with Crippen LogP contribution < -0.4 is 10.6 Å². The predicted octanol–water partition coefficient (Wildman–Crippen LogP) is 4.28. The number of aryl methyl sites for hydroxylation is 1. The number of benzene rings is 3. The molecule has 0 fully saturated rings. The van der Waals surface area contributed by atoms with Crippen molar-refractivity contribution in [1.29, 1.82) is 0 Å². The SMILES string of the molecule is CCOC(=O)c1ccc2c(c1)C[C@@H](OC(=O)c1ccccc1)[C@@H]2NC(=O)c1cc(C(=O)NCc2ccc(F)c(C)c2)ncn1. The summed E-state index contributed by atoms with van der Waals surface area (Å²) in [6.07, 6.45) is 0.558. The van der Waals surface area contributed by atoms with Crippen molar-refractivity contribution in [3.8, 4) is 0 Å². The molecule has 2 amide bonds. The topological polar surface area (TPSA) is 137 Å². The largest absolute Gasteiger partial charge is 0.462 e. The molecule has 44 heavy (non-hydrogen) atoms. The molecule has 3 aromatic carbocycles. The highest BCUT2D eigenvalue weighted by Crippen LogP contribution is 2.35. The molecule has 0 aliphatic heterocycles. The van der Waals surface area contributed by atoms with Crippen LogP contribution in [0.5, 0.6) is 0 Å². The molecule has 5 rings (SSSR count). The lowest BCUT2D eigenvalue weighted by molar-refractivity contribution is 0.0230. The Bertz CT molecular complexity index is 1730. The Kier molecular flexibility index (Phi) is 9.03. The summed E-state index contributed by atoms with van der Waals surface area (Å²) in [7, 11) is 0. The van der Waals surface area contributed by atoms with E-state index in [-0.39, 0.29) is 36.8 Å². The van der Waals surface area contributed by atoms with E-state index in [0.29, 0.717) is 33.4 Å². The molecule has 224 valence electrons. The number of hydrogen-bond donors (Lipinski definition) is 2. The number of amides is 2. The van der Waals surface area contributed by atoms with Gasteiger partial charge in [0.15, 0.2) is 0 Å². The van der Waals surface area contributed by atoms with E-state index in [1.165, 1.54) is 12.1 Å². The average Bonchev–Trinajstić information content (AvgIpc) is 3.37. The van der Waals surface area contributed by atoms with Gasteiger partial charge in [-0.3, -0.25) is 9.59 Å². The van der Waals surface area contributed by atoms with Crippen LogP contribution in [0.2, 0.25) is 0 Å². The van der Waals surface area contributed by atoms with Gasteiger partial charge in [0.05, 0.1) is 23.8 Å². The van der Waals surface area contributed by atoms with Gasteiger partial charge in [0, 0.05) is 19.0 Å². The molecule has 2 atom stereocenters. The lowest BCUT2D eigenvalue weighted by atomic mass is 10.0. The molecule has 11 heteroatoms. The molecule has 10 nitrogen and oxygen atoms in total. The molecule has 0 radical (unpaired) electrons. The zero-order valence-electron chi connectivity index (χ0n) is 24.0. The Hall–Kier alpha value is -5.45. The summed E-state index contributed by atoms with van der Waals surface area (Å²) in [6, 6.07) is 18.4. The number of halogens is 1. The van der Waals surface area contributed by atoms with Crippen LogP contribution in [0.25, 0.3) is 0 Å². The number of carbonyl (C=O) groups is 4. The summed E-state index contributed by atoms with van der Waals surface area (Å²) in [4.78, 5) is 59.5. The predicted molar refractivity (Wildman–Crippen MR) is 156 cm³/mol. The first-order valence-electron chi connectivity index (χ1n) is 14.0. The summed E-state index contributed by atoms with van der Waals surface area (Å²) >= 11 is 0. The van der Waals surface area contributed by atoms with Crippen molar-refractivity contribution < 1.29 is 33.0 Å². The Morgan fingerprint density at radius 3 is 2.36 bits per heavy atom. The van der Waals surface area contributed by atoms with Crippen LogP contribution in [-0.2, 0) is 22.4 Å². The zero-order valence-corrected chi connectivity index (χ0v) is 24.0. The number of esters is 2. The van der Waals surface area contributed by atoms with Gasteiger partial charge in [0.25, 0.3) is 11.8 Å². The van der Waals surface area contributed by atoms with Crippen molar-refractivity contribution in [2.75, 3.05) is 6.61 Å². The lowest BCUT2D eigenvalue weighted by Crippen LogP contribution is -2.37. The third kappa shape index (κ3) is 6.78. The second kappa shape index (κ2) is 13.2. The number of aromatic nitrogens is 2. The van der Waals surface area contributed by atoms with Crippen molar-refractivity contribution in [2.24, 2.45) is 0 Å². The number of nitrogens with zero attached hydrogens (tertiary/aromatic N) is 2. The average molecular weight is 597 g/mol. The number of nitrogens with one attached hydrogen (secondary N) is 2. The summed E-state index contributed by atoms with van der Waals surface area (Å²) in [5.74, 6) is -2.56. The second-order valence-corrected chi connectivity index (χ2v) is 10.2. The Morgan fingerprint density at radius 1 is 0.886 bits per heavy atom. The fourth-order valence-corrected chi connectivity index (χ4v) is 4.93. The number of hydrogen-bond acceptors (Lipinski definition) is 8. The van der Waals surface area contributed by atoms with Crippen LogP contribution >= 0.6 is 0 Å². The van der Waals surface area contributed by atoms with Gasteiger partial charge in [-0.1, -0.05) is 36.4 Å². The number of rotatable bonds is 9. The minimum atomic E-state index is -0.789. The van der Waals surface area contributed by atoms with Crippen LogP contribution in [0.15, 0.2) is 79.1 Å². The molecule has 0 saturated heterocycles. The molecular weight excluding hydrogens is 567 g/mol. The summed E-state index contributed by atoms with van der Waals surface area (Å²) in [5.41, 5.74) is 3.11. The van der Waals surface area contributed by atoms with Crippen molar-refractivity contribution in [1.82, 2.24) is 20.6 Å². The second-order valence-electron chi connectivity index (χ2n) is 10.2. The van der Waals surface area contributed by atoms with Gasteiger partial charge in [-0.25, -0.2) is 23.9 Å². The first kappa shape index (κ1) is 30.0. The molecule has 2 N–H and O–H groups in total. The standard InChI is InChI=1S/C33H29FN4O6/c1-3-43-32(41)22-10-11-24-23(14-22)15-28(44-33(42)21-7-5-4-6-8-21)29(24)38-31(40)27-16-26(36-18-37-27)30(39)35-17-20-9-12-25(34)19(2)13-20/h4-14,16,18,28-29H,3,15,17H2,1-2H3,(H,35,39)(H,38,40)/t28-,29-/m1/s1. The van der Waals surface area contributed by atoms with Gasteiger partial charge in [0.2, 0.25) is 0 Å². The number of fused-ring (bicyclic) bond motifs is 1. The monoisotopic (exact) mass is 596 g/mol. The summed E-state index contributed by atoms with van der Waals surface area (Å²) in [5, 5.41) is 5.58. The highest BCUT2D eigenvalue weighted by Gasteiger charge is 2.37. The molecule has 4 aromatic rings. The van der Waals surface area contributed by atoms with Gasteiger partial charge in [-0.15, -0.1) is 0 Å². The van der Waals surface area contributed by atoms with E-state index in [1.54, 1.807) is 74.5 Å². The van der Waals surface area contributed by atoms with Crippen molar-refractivity contribution in [3.05, 3.63) is 130 Å². The normalized spacial score (nSPS) is 15.2. The van der Waals surface area contributed by atoms with E-state index >= 15 is 0 Å². The van der Waals surface area contributed by atoms with Crippen LogP contribution in [0, 0.1) is 12.7 Å². The molecular formula is C33H29FN4O6. The van der Waals surface area contributed by atoms with Crippen LogP contribution in [-0.4, -0.2) is 46.4 Å². The Balaban J connectivity index is 1.34. The fourth-order valence-electron chi connectivity index (χ4n) is 4.93. The zero-order chi connectivity index (χ0) is 31.2. The Labute approximate surface area is 252 Å². The minimum Gasteiger partial charge on any atom is -0.462 e. The van der Waals surface area contributed by atoms with Crippen molar-refractivity contribution in [2.45, 2.75) is 39.0 Å². The molecule has 0 saturated carbocycles. The first-order valence-corrected chi connectivity index (χ1v) is 14.0. The third-order valence-electron chi connectivity index (χ3n) is 7.14. The quantitative estimate of drug-likeness (QED) is 0.273. The molecule has 0 bridgehead atoms. The molecule has 1 aromatic heterocycles. The van der Waals surface area contributed by atoms with Crippen molar-refractivity contribution in [3.63, 3.8) is 0 Å². The summed E-state index contributed by atoms with van der Waals surface area (Å²) in [6.45, 7) is 3.69. The van der Waals surface area contributed by atoms with Crippen LogP contribution in [0.1, 0.15) is 76.9 Å². The van der Waals surface area contributed by atoms with Crippen LogP contribution in [0.4, 0.5) is 4.39 Å². The van der Waals surface area contributed by atoms with Crippen LogP contribution in [0.3, 0.4) is 0 Å². The fraction of sp³-hybridized carbons (Fsp3) is 0.212. The van der Waals surface area contributed by atoms with E-state index in [9.17, 15) is 23.6 Å². The van der Waals surface area contributed by atoms with E-state index < -0.39 is 35.9 Å². The van der Waals surface area contributed by atoms with E-state index in [0.717, 1.165) is 6.33 Å². The maximum absolute atomic E-state index is 13.6. The highest BCUT2D eigenvalue weighted by atomic mass is 19.1. The van der Waals surface area contributed by atoms with Crippen molar-refractivity contribution >= 4 is 23.8 Å². The van der Waals surface area contributed by atoms with Gasteiger partial charge >= 0.3 is 11.9 Å². The first-order chi connectivity index (χ1) is 21.2. The minimum absolute atomic E-state index is 0.0399. The molecule has 0 spiro atoms. The third-order valence-corrected chi connectivity index (χ3v) is 7.14. The molecule has 1 aliphatic carbocycles. The maximum Gasteiger partial charge on any atom is 0.338 e. The van der Waals surface area contributed by atoms with E-state index in [2.05, 4.69) is 20.6 Å². The number of ether oxygens (including phenoxy) is 2. The lowest BCUT2D eigenvalue weighted by Gasteiger charge is -2.22. The highest BCUT2D eigenvalue weighted by molar-refractivity contribution is 5.97. The maximum atomic E-state index is 13.6. The van der Waals surface area contributed by atoms with Gasteiger partial charge in [-0.2, -0.15) is 0 Å². The smallest absolute Gasteiger partial charge is 0.338 e. The molecule has 1 aliphatic rings.